The van der Waals surface area contributed by atoms with E-state index < -0.39 is 0 Å². The summed E-state index contributed by atoms with van der Waals surface area (Å²) in [4.78, 5) is 15.2. The third-order valence-corrected chi connectivity index (χ3v) is 4.19. The van der Waals surface area contributed by atoms with Crippen LogP contribution in [0.3, 0.4) is 0 Å². The van der Waals surface area contributed by atoms with E-state index in [1.807, 2.05) is 24.4 Å². The Bertz CT molecular complexity index is 632. The van der Waals surface area contributed by atoms with E-state index in [1.54, 1.807) is 0 Å². The molecule has 1 fully saturated rings. The number of rotatable bonds is 4. The van der Waals surface area contributed by atoms with Gasteiger partial charge in [-0.2, -0.15) is 0 Å². The maximum atomic E-state index is 12.0. The van der Waals surface area contributed by atoms with E-state index in [0.717, 1.165) is 41.8 Å². The van der Waals surface area contributed by atoms with E-state index in [1.165, 1.54) is 5.56 Å². The van der Waals surface area contributed by atoms with Gasteiger partial charge in [0.1, 0.15) is 0 Å². The molecule has 2 heterocycles. The van der Waals surface area contributed by atoms with Gasteiger partial charge in [0.2, 0.25) is 5.91 Å². The second-order valence-electron chi connectivity index (χ2n) is 5.46. The number of carbonyl (C=O) groups excluding carboxylic acids is 1. The lowest BCUT2D eigenvalue weighted by molar-refractivity contribution is -0.128. The highest BCUT2D eigenvalue weighted by Gasteiger charge is 2.21. The van der Waals surface area contributed by atoms with Gasteiger partial charge >= 0.3 is 0 Å². The van der Waals surface area contributed by atoms with Gasteiger partial charge in [0.25, 0.3) is 0 Å². The highest BCUT2D eigenvalue weighted by molar-refractivity contribution is 6.31. The molecule has 4 nitrogen and oxygen atoms in total. The van der Waals surface area contributed by atoms with E-state index in [0.29, 0.717) is 13.2 Å². The third-order valence-electron chi connectivity index (χ3n) is 3.95. The average Bonchev–Trinajstić information content (AvgIpc) is 2.90. The molecule has 21 heavy (non-hydrogen) atoms. The molecular weight excluding hydrogens is 288 g/mol. The van der Waals surface area contributed by atoms with Crippen LogP contribution in [0.2, 0.25) is 5.02 Å². The van der Waals surface area contributed by atoms with E-state index in [4.69, 9.17) is 16.3 Å². The van der Waals surface area contributed by atoms with Gasteiger partial charge in [-0.3, -0.25) is 4.79 Å². The van der Waals surface area contributed by atoms with Gasteiger partial charge in [0.05, 0.1) is 12.5 Å². The van der Waals surface area contributed by atoms with Crippen LogP contribution >= 0.6 is 11.6 Å². The maximum Gasteiger partial charge on any atom is 0.225 e. The number of carbonyl (C=O) groups is 1. The molecule has 2 aromatic rings. The van der Waals surface area contributed by atoms with Crippen molar-refractivity contribution in [3.05, 3.63) is 35.0 Å². The van der Waals surface area contributed by atoms with Crippen molar-refractivity contribution in [2.75, 3.05) is 19.8 Å². The quantitative estimate of drug-likeness (QED) is 0.912. The second-order valence-corrected chi connectivity index (χ2v) is 5.90. The standard InChI is InChI=1S/C16H19ClN2O2/c17-13-3-4-15-14(8-13)11(9-19-15)5-6-18-16(20)12-2-1-7-21-10-12/h3-4,8-9,12,19H,1-2,5-7,10H2,(H,18,20)/t12-/m0/s1. The van der Waals surface area contributed by atoms with Crippen LogP contribution in [0.15, 0.2) is 24.4 Å². The van der Waals surface area contributed by atoms with E-state index in [2.05, 4.69) is 10.3 Å². The second kappa shape index (κ2) is 6.50. The molecule has 0 radical (unpaired) electrons. The van der Waals surface area contributed by atoms with Crippen molar-refractivity contribution in [2.45, 2.75) is 19.3 Å². The number of halogens is 1. The predicted molar refractivity (Wildman–Crippen MR) is 83.6 cm³/mol. The van der Waals surface area contributed by atoms with Gasteiger partial charge in [-0.25, -0.2) is 0 Å². The molecule has 0 unspecified atom stereocenters. The molecule has 1 aliphatic rings. The summed E-state index contributed by atoms with van der Waals surface area (Å²) in [6, 6.07) is 5.80. The van der Waals surface area contributed by atoms with Gasteiger partial charge < -0.3 is 15.0 Å². The molecule has 1 aromatic heterocycles. The molecule has 0 bridgehead atoms. The first-order valence-corrected chi connectivity index (χ1v) is 7.73. The number of ether oxygens (including phenoxy) is 1. The molecule has 0 saturated carbocycles. The molecule has 1 aromatic carbocycles. The number of fused-ring (bicyclic) bond motifs is 1. The Labute approximate surface area is 128 Å². The summed E-state index contributed by atoms with van der Waals surface area (Å²) in [6.45, 7) is 1.96. The van der Waals surface area contributed by atoms with Crippen molar-refractivity contribution >= 4 is 28.4 Å². The van der Waals surface area contributed by atoms with Gasteiger partial charge in [-0.15, -0.1) is 0 Å². The zero-order valence-electron chi connectivity index (χ0n) is 11.8. The first kappa shape index (κ1) is 14.4. The molecule has 1 atom stereocenters. The number of hydrogen-bond donors (Lipinski definition) is 2. The number of amides is 1. The van der Waals surface area contributed by atoms with Crippen molar-refractivity contribution in [3.8, 4) is 0 Å². The molecule has 0 aliphatic carbocycles. The SMILES string of the molecule is O=C(NCCc1c[nH]c2ccc(Cl)cc12)[C@H]1CCCOC1. The smallest absolute Gasteiger partial charge is 0.225 e. The van der Waals surface area contributed by atoms with Crippen LogP contribution in [-0.2, 0) is 16.0 Å². The highest BCUT2D eigenvalue weighted by Crippen LogP contribution is 2.22. The number of benzene rings is 1. The monoisotopic (exact) mass is 306 g/mol. The summed E-state index contributed by atoms with van der Waals surface area (Å²) >= 11 is 6.04. The summed E-state index contributed by atoms with van der Waals surface area (Å²) < 4.78 is 5.35. The van der Waals surface area contributed by atoms with Crippen LogP contribution in [-0.4, -0.2) is 30.6 Å². The van der Waals surface area contributed by atoms with E-state index >= 15 is 0 Å². The van der Waals surface area contributed by atoms with Crippen LogP contribution in [0.5, 0.6) is 0 Å². The van der Waals surface area contributed by atoms with Crippen molar-refractivity contribution in [1.82, 2.24) is 10.3 Å². The van der Waals surface area contributed by atoms with Crippen LogP contribution < -0.4 is 5.32 Å². The molecule has 112 valence electrons. The fraction of sp³-hybridized carbons (Fsp3) is 0.438. The first-order chi connectivity index (χ1) is 10.2. The van der Waals surface area contributed by atoms with Crippen molar-refractivity contribution in [3.63, 3.8) is 0 Å². The maximum absolute atomic E-state index is 12.0. The summed E-state index contributed by atoms with van der Waals surface area (Å²) in [5, 5.41) is 4.86. The lowest BCUT2D eigenvalue weighted by Crippen LogP contribution is -2.36. The number of hydrogen-bond acceptors (Lipinski definition) is 2. The summed E-state index contributed by atoms with van der Waals surface area (Å²) in [5.74, 6) is 0.115. The minimum atomic E-state index is 0.0103. The molecule has 1 saturated heterocycles. The van der Waals surface area contributed by atoms with Crippen LogP contribution in [0.4, 0.5) is 0 Å². The number of H-pyrrole nitrogens is 1. The molecule has 5 heteroatoms. The zero-order chi connectivity index (χ0) is 14.7. The normalized spacial score (nSPS) is 18.8. The fourth-order valence-corrected chi connectivity index (χ4v) is 2.94. The Balaban J connectivity index is 1.56. The Morgan fingerprint density at radius 3 is 3.19 bits per heavy atom. The molecule has 3 rings (SSSR count). The number of aromatic amines is 1. The lowest BCUT2D eigenvalue weighted by atomic mass is 10.0. The molecule has 2 N–H and O–H groups in total. The number of aromatic nitrogens is 1. The summed E-state index contributed by atoms with van der Waals surface area (Å²) in [6.07, 6.45) is 4.67. The predicted octanol–water partition coefficient (Wildman–Crippen LogP) is 2.91. The van der Waals surface area contributed by atoms with E-state index in [9.17, 15) is 4.79 Å². The minimum absolute atomic E-state index is 0.0103. The molecule has 1 aliphatic heterocycles. The van der Waals surface area contributed by atoms with Crippen LogP contribution in [0.25, 0.3) is 10.9 Å². The molecular formula is C16H19ClN2O2. The van der Waals surface area contributed by atoms with Crippen molar-refractivity contribution < 1.29 is 9.53 Å². The topological polar surface area (TPSA) is 54.1 Å². The van der Waals surface area contributed by atoms with Crippen molar-refractivity contribution in [2.24, 2.45) is 5.92 Å². The van der Waals surface area contributed by atoms with Gasteiger partial charge in [0.15, 0.2) is 0 Å². The largest absolute Gasteiger partial charge is 0.381 e. The Morgan fingerprint density at radius 2 is 2.38 bits per heavy atom. The minimum Gasteiger partial charge on any atom is -0.381 e. The zero-order valence-corrected chi connectivity index (χ0v) is 12.6. The fourth-order valence-electron chi connectivity index (χ4n) is 2.77. The highest BCUT2D eigenvalue weighted by atomic mass is 35.5. The Morgan fingerprint density at radius 1 is 1.48 bits per heavy atom. The van der Waals surface area contributed by atoms with Gasteiger partial charge in [-0.1, -0.05) is 11.6 Å². The Kier molecular flexibility index (Phi) is 4.46. The Hall–Kier alpha value is -1.52. The lowest BCUT2D eigenvalue weighted by Gasteiger charge is -2.21. The summed E-state index contributed by atoms with van der Waals surface area (Å²) in [7, 11) is 0. The average molecular weight is 307 g/mol. The summed E-state index contributed by atoms with van der Waals surface area (Å²) in [5.41, 5.74) is 2.24. The van der Waals surface area contributed by atoms with Crippen LogP contribution in [0, 0.1) is 5.92 Å². The molecule has 1 amide bonds. The number of nitrogens with one attached hydrogen (secondary N) is 2. The van der Waals surface area contributed by atoms with Gasteiger partial charge in [0, 0.05) is 35.3 Å². The third kappa shape index (κ3) is 3.39. The first-order valence-electron chi connectivity index (χ1n) is 7.35. The molecule has 0 spiro atoms. The van der Waals surface area contributed by atoms with Crippen molar-refractivity contribution in [1.29, 1.82) is 0 Å². The van der Waals surface area contributed by atoms with Gasteiger partial charge in [-0.05, 0) is 43.0 Å². The van der Waals surface area contributed by atoms with E-state index in [-0.39, 0.29) is 11.8 Å². The van der Waals surface area contributed by atoms with Crippen LogP contribution in [0.1, 0.15) is 18.4 Å².